The Labute approximate surface area is 306 Å². The van der Waals surface area contributed by atoms with E-state index in [-0.39, 0.29) is 0 Å². The van der Waals surface area contributed by atoms with Gasteiger partial charge in [0.2, 0.25) is 0 Å². The number of pyridine rings is 3. The highest BCUT2D eigenvalue weighted by Gasteiger charge is 2.19. The van der Waals surface area contributed by atoms with E-state index in [2.05, 4.69) is 149 Å². The molecule has 4 heteroatoms. The summed E-state index contributed by atoms with van der Waals surface area (Å²) in [6.45, 7) is 0. The predicted molar refractivity (Wildman–Crippen MR) is 217 cm³/mol. The first-order chi connectivity index (χ1) is 26.3. The van der Waals surface area contributed by atoms with Gasteiger partial charge in [-0.15, -0.1) is 0 Å². The SMILES string of the molecule is c1ccc(-c2ccccc2-c2cccc3c2oc2c4ccccc4c(-c4ccc(-c5cc(-c6ccccn6)nc(-c6ccccn6)c5)cc4)cc32)cc1. The fraction of sp³-hybridized carbons (Fsp3) is 0. The third kappa shape index (κ3) is 5.45. The Bertz CT molecular complexity index is 2860. The molecule has 6 aromatic carbocycles. The van der Waals surface area contributed by atoms with E-state index < -0.39 is 0 Å². The number of para-hydroxylation sites is 1. The van der Waals surface area contributed by atoms with Crippen molar-refractivity contribution in [3.05, 3.63) is 188 Å². The summed E-state index contributed by atoms with van der Waals surface area (Å²) >= 11 is 0. The number of benzene rings is 6. The van der Waals surface area contributed by atoms with Gasteiger partial charge in [0.15, 0.2) is 0 Å². The Morgan fingerprint density at radius 1 is 0.302 bits per heavy atom. The molecule has 0 saturated heterocycles. The van der Waals surface area contributed by atoms with Crippen LogP contribution in [0.2, 0.25) is 0 Å². The molecular weight excluding hydrogens is 647 g/mol. The number of hydrogen-bond acceptors (Lipinski definition) is 4. The van der Waals surface area contributed by atoms with Crippen LogP contribution in [-0.4, -0.2) is 15.0 Å². The van der Waals surface area contributed by atoms with E-state index in [0.29, 0.717) is 0 Å². The van der Waals surface area contributed by atoms with Crippen LogP contribution < -0.4 is 0 Å². The molecule has 4 heterocycles. The van der Waals surface area contributed by atoms with Crippen molar-refractivity contribution < 1.29 is 4.42 Å². The normalized spacial score (nSPS) is 11.4. The molecule has 4 nitrogen and oxygen atoms in total. The van der Waals surface area contributed by atoms with Crippen molar-refractivity contribution in [2.45, 2.75) is 0 Å². The summed E-state index contributed by atoms with van der Waals surface area (Å²) in [5.41, 5.74) is 14.1. The van der Waals surface area contributed by atoms with Crippen LogP contribution in [0.3, 0.4) is 0 Å². The third-order valence-corrected chi connectivity index (χ3v) is 10.0. The lowest BCUT2D eigenvalue weighted by molar-refractivity contribution is 0.674. The predicted octanol–water partition coefficient (Wildman–Crippen LogP) is 12.9. The summed E-state index contributed by atoms with van der Waals surface area (Å²) in [4.78, 5) is 14.1. The van der Waals surface area contributed by atoms with Crippen LogP contribution in [0.15, 0.2) is 193 Å². The minimum Gasteiger partial charge on any atom is -0.455 e. The molecule has 0 aliphatic rings. The largest absolute Gasteiger partial charge is 0.455 e. The molecule has 0 aliphatic heterocycles. The minimum absolute atomic E-state index is 0.807. The van der Waals surface area contributed by atoms with Crippen LogP contribution in [0.4, 0.5) is 0 Å². The number of aromatic nitrogens is 3. The number of hydrogen-bond donors (Lipinski definition) is 0. The first-order valence-corrected chi connectivity index (χ1v) is 17.8. The number of rotatable bonds is 6. The van der Waals surface area contributed by atoms with E-state index in [0.717, 1.165) is 88.9 Å². The number of fused-ring (bicyclic) bond motifs is 5. The van der Waals surface area contributed by atoms with Crippen molar-refractivity contribution in [1.29, 1.82) is 0 Å². The summed E-state index contributed by atoms with van der Waals surface area (Å²) < 4.78 is 6.89. The average molecular weight is 678 g/mol. The quantitative estimate of drug-likeness (QED) is 0.176. The highest BCUT2D eigenvalue weighted by Crippen LogP contribution is 2.44. The molecule has 53 heavy (non-hydrogen) atoms. The minimum atomic E-state index is 0.807. The van der Waals surface area contributed by atoms with Crippen molar-refractivity contribution in [1.82, 2.24) is 15.0 Å². The van der Waals surface area contributed by atoms with Gasteiger partial charge in [-0.25, -0.2) is 4.98 Å². The number of furan rings is 1. The summed E-state index contributed by atoms with van der Waals surface area (Å²) in [7, 11) is 0. The molecule has 0 unspecified atom stereocenters. The molecular formula is C49H31N3O. The van der Waals surface area contributed by atoms with Gasteiger partial charge >= 0.3 is 0 Å². The highest BCUT2D eigenvalue weighted by molar-refractivity contribution is 6.21. The molecule has 4 aromatic heterocycles. The van der Waals surface area contributed by atoms with Gasteiger partial charge in [0.05, 0.1) is 22.8 Å². The fourth-order valence-corrected chi connectivity index (χ4v) is 7.49. The molecule has 0 fully saturated rings. The van der Waals surface area contributed by atoms with Gasteiger partial charge < -0.3 is 4.42 Å². The maximum Gasteiger partial charge on any atom is 0.143 e. The van der Waals surface area contributed by atoms with Crippen LogP contribution in [0.1, 0.15) is 0 Å². The van der Waals surface area contributed by atoms with E-state index in [9.17, 15) is 0 Å². The standard InChI is InChI=1S/C49H31N3O/c1-2-13-33(14-3-1)36-15-4-5-16-37(36)40-19-12-20-41-43-31-42(38-17-6-7-18-39(38)49(43)53-48(40)41)34-25-23-32(24-26-34)35-29-46(44-21-8-10-27-50-44)52-47(30-35)45-22-9-11-28-51-45/h1-31H. The molecule has 0 amide bonds. The van der Waals surface area contributed by atoms with Crippen molar-refractivity contribution in [2.75, 3.05) is 0 Å². The smallest absolute Gasteiger partial charge is 0.143 e. The maximum atomic E-state index is 6.89. The van der Waals surface area contributed by atoms with Gasteiger partial charge in [-0.3, -0.25) is 9.97 Å². The molecule has 0 N–H and O–H groups in total. The zero-order valence-electron chi connectivity index (χ0n) is 28.6. The molecule has 0 saturated carbocycles. The fourth-order valence-electron chi connectivity index (χ4n) is 7.49. The van der Waals surface area contributed by atoms with Gasteiger partial charge in [-0.05, 0) is 86.8 Å². The zero-order chi connectivity index (χ0) is 35.1. The first kappa shape index (κ1) is 30.6. The van der Waals surface area contributed by atoms with Crippen LogP contribution in [0.25, 0.3) is 100.0 Å². The van der Waals surface area contributed by atoms with Crippen LogP contribution >= 0.6 is 0 Å². The van der Waals surface area contributed by atoms with Crippen LogP contribution in [0, 0.1) is 0 Å². The average Bonchev–Trinajstić information content (AvgIpc) is 3.63. The molecule has 10 aromatic rings. The Kier molecular flexibility index (Phi) is 7.43. The lowest BCUT2D eigenvalue weighted by Crippen LogP contribution is -1.94. The number of nitrogens with zero attached hydrogens (tertiary/aromatic N) is 3. The Morgan fingerprint density at radius 2 is 0.849 bits per heavy atom. The first-order valence-electron chi connectivity index (χ1n) is 17.8. The molecule has 0 aliphatic carbocycles. The molecule has 0 radical (unpaired) electrons. The van der Waals surface area contributed by atoms with Crippen molar-refractivity contribution in [3.63, 3.8) is 0 Å². The topological polar surface area (TPSA) is 51.8 Å². The summed E-state index contributed by atoms with van der Waals surface area (Å²) in [5.74, 6) is 0. The third-order valence-electron chi connectivity index (χ3n) is 10.0. The molecule has 0 atom stereocenters. The van der Waals surface area contributed by atoms with Gasteiger partial charge in [0, 0.05) is 34.1 Å². The van der Waals surface area contributed by atoms with E-state index >= 15 is 0 Å². The summed E-state index contributed by atoms with van der Waals surface area (Å²) in [6, 6.07) is 61.3. The van der Waals surface area contributed by atoms with E-state index in [4.69, 9.17) is 9.40 Å². The second kappa shape index (κ2) is 12.9. The monoisotopic (exact) mass is 677 g/mol. The van der Waals surface area contributed by atoms with Gasteiger partial charge in [-0.1, -0.05) is 133 Å². The van der Waals surface area contributed by atoms with Crippen molar-refractivity contribution in [2.24, 2.45) is 0 Å². The van der Waals surface area contributed by atoms with E-state index in [1.807, 2.05) is 36.4 Å². The zero-order valence-corrected chi connectivity index (χ0v) is 28.6. The summed E-state index contributed by atoms with van der Waals surface area (Å²) in [5, 5.41) is 4.45. The molecule has 10 rings (SSSR count). The van der Waals surface area contributed by atoms with Gasteiger partial charge in [-0.2, -0.15) is 0 Å². The lowest BCUT2D eigenvalue weighted by Gasteiger charge is -2.11. The van der Waals surface area contributed by atoms with Crippen LogP contribution in [-0.2, 0) is 0 Å². The second-order valence-corrected chi connectivity index (χ2v) is 13.2. The molecule has 0 spiro atoms. The summed E-state index contributed by atoms with van der Waals surface area (Å²) in [6.07, 6.45) is 3.60. The Hall–Kier alpha value is -7.17. The Morgan fingerprint density at radius 3 is 1.55 bits per heavy atom. The highest BCUT2D eigenvalue weighted by atomic mass is 16.3. The van der Waals surface area contributed by atoms with E-state index in [1.54, 1.807) is 12.4 Å². The Balaban J connectivity index is 1.11. The van der Waals surface area contributed by atoms with Gasteiger partial charge in [0.25, 0.3) is 0 Å². The van der Waals surface area contributed by atoms with Crippen molar-refractivity contribution in [3.8, 4) is 67.3 Å². The maximum absolute atomic E-state index is 6.89. The molecule has 248 valence electrons. The van der Waals surface area contributed by atoms with Crippen LogP contribution in [0.5, 0.6) is 0 Å². The second-order valence-electron chi connectivity index (χ2n) is 13.2. The lowest BCUT2D eigenvalue weighted by atomic mass is 9.92. The van der Waals surface area contributed by atoms with E-state index in [1.165, 1.54) is 11.1 Å². The van der Waals surface area contributed by atoms with Gasteiger partial charge in [0.1, 0.15) is 11.2 Å². The van der Waals surface area contributed by atoms with Crippen molar-refractivity contribution >= 4 is 32.7 Å². The molecule has 0 bridgehead atoms.